The molecule has 0 aliphatic carbocycles. The molecule has 0 fully saturated rings. The van der Waals surface area contributed by atoms with Crippen molar-refractivity contribution < 1.29 is 67.1 Å². The van der Waals surface area contributed by atoms with Crippen LogP contribution in [0.2, 0.25) is 0 Å². The van der Waals surface area contributed by atoms with E-state index in [0.717, 1.165) is 13.0 Å². The van der Waals surface area contributed by atoms with Crippen molar-refractivity contribution in [2.45, 2.75) is 92.3 Å². The van der Waals surface area contributed by atoms with E-state index in [1.54, 1.807) is 54.5 Å². The zero-order chi connectivity index (χ0) is 49.8. The lowest BCUT2D eigenvalue weighted by molar-refractivity contribution is -0.145. The first-order valence-corrected chi connectivity index (χ1v) is 23.4. The van der Waals surface area contributed by atoms with Gasteiger partial charge in [0.25, 0.3) is 0 Å². The molecule has 22 heteroatoms. The predicted octanol–water partition coefficient (Wildman–Crippen LogP) is 2.59. The first-order valence-electron chi connectivity index (χ1n) is 23.4. The third-order valence-corrected chi connectivity index (χ3v) is 9.90. The molecule has 0 radical (unpaired) electrons. The van der Waals surface area contributed by atoms with Gasteiger partial charge in [0.1, 0.15) is 6.61 Å². The van der Waals surface area contributed by atoms with Gasteiger partial charge in [-0.3, -0.25) is 19.2 Å². The second kappa shape index (κ2) is 36.3. The summed E-state index contributed by atoms with van der Waals surface area (Å²) in [5, 5.41) is 25.0. The van der Waals surface area contributed by atoms with Crippen molar-refractivity contribution in [2.24, 2.45) is 23.0 Å². The molecule has 0 aliphatic heterocycles. The topological polar surface area (TPSA) is 284 Å². The number of carbonyl (C=O) groups excluding carboxylic acids is 5. The zero-order valence-electron chi connectivity index (χ0n) is 40.8. The summed E-state index contributed by atoms with van der Waals surface area (Å²) in [4.78, 5) is 62.3. The summed E-state index contributed by atoms with van der Waals surface area (Å²) in [6, 6.07) is 5.15. The number of aromatic nitrogens is 3. The number of nitrogens with zero attached hydrogens (tertiary/aromatic N) is 3. The number of benzene rings is 1. The number of Topliss-reactive ketones (excluding diaryl/α,β-unsaturated/α-hetero) is 1. The van der Waals surface area contributed by atoms with Gasteiger partial charge in [-0.15, -0.1) is 5.10 Å². The van der Waals surface area contributed by atoms with Gasteiger partial charge in [-0.05, 0) is 48.3 Å². The van der Waals surface area contributed by atoms with Gasteiger partial charge < -0.3 is 64.8 Å². The van der Waals surface area contributed by atoms with E-state index in [1.807, 2.05) is 0 Å². The van der Waals surface area contributed by atoms with Crippen molar-refractivity contribution in [2.75, 3.05) is 111 Å². The summed E-state index contributed by atoms with van der Waals surface area (Å²) >= 11 is 0. The molecule has 2 rings (SSSR count). The number of nitrogens with one attached hydrogen (secondary N) is 4. The van der Waals surface area contributed by atoms with Gasteiger partial charge >= 0.3 is 12.0 Å². The Morgan fingerprint density at radius 3 is 1.84 bits per heavy atom. The molecule has 68 heavy (non-hydrogen) atoms. The van der Waals surface area contributed by atoms with Crippen molar-refractivity contribution in [1.82, 2.24) is 31.1 Å². The number of amides is 4. The number of urea groups is 1. The molecule has 2 atom stereocenters. The Morgan fingerprint density at radius 2 is 1.32 bits per heavy atom. The Kier molecular flexibility index (Phi) is 31.8. The monoisotopic (exact) mass is 967 g/mol. The van der Waals surface area contributed by atoms with Crippen LogP contribution >= 0.6 is 0 Å². The van der Waals surface area contributed by atoms with Gasteiger partial charge in [-0.2, -0.15) is 5.48 Å². The highest BCUT2D eigenvalue weighted by atomic mass is 16.6. The van der Waals surface area contributed by atoms with Gasteiger partial charge in [0.2, 0.25) is 11.8 Å². The number of aryl methyl sites for hydroxylation is 1. The number of primary amides is 1. The van der Waals surface area contributed by atoms with E-state index in [2.05, 4.69) is 47.0 Å². The molecule has 386 valence electrons. The number of nitrogens with two attached hydrogens (primary N) is 1. The normalized spacial score (nSPS) is 12.5. The minimum absolute atomic E-state index is 0.0184. The molecule has 0 saturated carbocycles. The number of hydroxylamine groups is 1. The van der Waals surface area contributed by atoms with Crippen LogP contribution in [0.1, 0.15) is 78.0 Å². The lowest BCUT2D eigenvalue weighted by Crippen LogP contribution is -2.48. The van der Waals surface area contributed by atoms with E-state index >= 15 is 0 Å². The Hall–Kier alpha value is -4.65. The Bertz CT molecular complexity index is 1690. The first kappa shape index (κ1) is 59.5. The average Bonchev–Trinajstić information content (AvgIpc) is 3.75. The molecule has 22 nitrogen and oxygen atoms in total. The second-order valence-corrected chi connectivity index (χ2v) is 17.3. The number of rotatable bonds is 41. The zero-order valence-corrected chi connectivity index (χ0v) is 40.8. The van der Waals surface area contributed by atoms with E-state index in [0.29, 0.717) is 122 Å². The van der Waals surface area contributed by atoms with Crippen molar-refractivity contribution in [1.29, 1.82) is 0 Å². The summed E-state index contributed by atoms with van der Waals surface area (Å²) < 4.78 is 45.8. The van der Waals surface area contributed by atoms with Crippen molar-refractivity contribution >= 4 is 35.3 Å². The molecule has 0 aliphatic rings. The number of ether oxygens (including phenoxy) is 8. The minimum Gasteiger partial charge on any atom is -0.461 e. The quantitative estimate of drug-likeness (QED) is 0.0317. The van der Waals surface area contributed by atoms with Gasteiger partial charge in [-0.25, -0.2) is 9.48 Å². The molecule has 0 saturated heterocycles. The molecule has 2 aromatic rings. The molecule has 0 spiro atoms. The van der Waals surface area contributed by atoms with Crippen LogP contribution in [0.4, 0.5) is 10.5 Å². The van der Waals surface area contributed by atoms with Crippen LogP contribution in [0.25, 0.3) is 0 Å². The van der Waals surface area contributed by atoms with Crippen LogP contribution in [-0.4, -0.2) is 161 Å². The van der Waals surface area contributed by atoms with E-state index in [-0.39, 0.29) is 49.5 Å². The van der Waals surface area contributed by atoms with Crippen LogP contribution in [0.15, 0.2) is 30.5 Å². The number of esters is 1. The van der Waals surface area contributed by atoms with E-state index in [4.69, 9.17) is 48.8 Å². The third kappa shape index (κ3) is 30.7. The number of carbonyl (C=O) groups is 5. The van der Waals surface area contributed by atoms with Crippen LogP contribution in [0.3, 0.4) is 0 Å². The summed E-state index contributed by atoms with van der Waals surface area (Å²) in [7, 11) is 0. The predicted molar refractivity (Wildman–Crippen MR) is 250 cm³/mol. The molecule has 0 bridgehead atoms. The smallest absolute Gasteiger partial charge is 0.312 e. The number of hydrogen-bond acceptors (Lipinski definition) is 17. The molecule has 0 unspecified atom stereocenters. The number of ketones is 1. The fourth-order valence-electron chi connectivity index (χ4n) is 6.09. The highest BCUT2D eigenvalue weighted by Crippen LogP contribution is 2.20. The van der Waals surface area contributed by atoms with Crippen molar-refractivity contribution in [3.63, 3.8) is 0 Å². The molecular weight excluding hydrogens is 889 g/mol. The van der Waals surface area contributed by atoms with Crippen molar-refractivity contribution in [3.05, 3.63) is 41.7 Å². The molecule has 1 heterocycles. The SMILES string of the molecule is CC(C)[C@H](NC(=O)CNO)C(=O)C[C@@H](CCCNC(N)=O)C(=O)Nc1ccc(COC(=O)CCc2cn(CCOCCOCCOCCOCCOCCOCCOCCC(C)(C)C)nn2)cc1. The summed E-state index contributed by atoms with van der Waals surface area (Å²) in [5.41, 5.74) is 8.98. The molecule has 1 aromatic carbocycles. The highest BCUT2D eigenvalue weighted by Gasteiger charge is 2.29. The Labute approximate surface area is 400 Å². The Balaban J connectivity index is 1.54. The maximum Gasteiger partial charge on any atom is 0.312 e. The van der Waals surface area contributed by atoms with E-state index < -0.39 is 42.3 Å². The maximum atomic E-state index is 13.4. The largest absolute Gasteiger partial charge is 0.461 e. The summed E-state index contributed by atoms with van der Waals surface area (Å²) in [6.45, 7) is 17.4. The molecular formula is C46H78N8O14. The first-order chi connectivity index (χ1) is 32.7. The lowest BCUT2D eigenvalue weighted by Gasteiger charge is -2.24. The van der Waals surface area contributed by atoms with Crippen LogP contribution in [0.5, 0.6) is 0 Å². The van der Waals surface area contributed by atoms with Crippen molar-refractivity contribution in [3.8, 4) is 0 Å². The average molecular weight is 967 g/mol. The molecule has 4 amide bonds. The maximum absolute atomic E-state index is 13.4. The highest BCUT2D eigenvalue weighted by molar-refractivity contribution is 5.97. The van der Waals surface area contributed by atoms with Gasteiger partial charge in [0.05, 0.1) is 117 Å². The van der Waals surface area contributed by atoms with E-state index in [9.17, 15) is 24.0 Å². The second-order valence-electron chi connectivity index (χ2n) is 17.3. The summed E-state index contributed by atoms with van der Waals surface area (Å²) in [6.07, 6.45) is 3.69. The van der Waals surface area contributed by atoms with Crippen LogP contribution < -0.4 is 27.2 Å². The molecule has 7 N–H and O–H groups in total. The standard InChI is InChI=1S/C46H78N8O14/c1-35(2)43(51-41(56)32-49-60)40(55)31-37(7-6-15-48-45(47)59)44(58)50-38-10-8-36(9-11-38)34-68-42(57)13-12-39-33-54(53-52-39)16-18-62-20-22-64-24-26-66-28-30-67-29-27-65-25-23-63-21-19-61-17-14-46(3,4)5/h8-11,33,35,37,43,49,60H,6-7,12-32,34H2,1-5H3,(H,50,58)(H,51,56)(H3,47,48,59)/t37-,43+/m1/s1. The Morgan fingerprint density at radius 1 is 0.779 bits per heavy atom. The van der Waals surface area contributed by atoms with Gasteiger partial charge in [0, 0.05) is 43.8 Å². The number of anilines is 1. The van der Waals surface area contributed by atoms with Crippen LogP contribution in [0, 0.1) is 17.3 Å². The fourth-order valence-corrected chi connectivity index (χ4v) is 6.09. The van der Waals surface area contributed by atoms with Gasteiger partial charge in [-0.1, -0.05) is 52.0 Å². The van der Waals surface area contributed by atoms with Gasteiger partial charge in [0.15, 0.2) is 5.78 Å². The summed E-state index contributed by atoms with van der Waals surface area (Å²) in [5.74, 6) is -2.82. The van der Waals surface area contributed by atoms with Crippen LogP contribution in [-0.2, 0) is 76.6 Å². The third-order valence-electron chi connectivity index (χ3n) is 9.90. The molecule has 1 aromatic heterocycles. The van der Waals surface area contributed by atoms with E-state index in [1.165, 1.54) is 0 Å². The number of hydrogen-bond donors (Lipinski definition) is 6. The fraction of sp³-hybridized carbons (Fsp3) is 0.717. The minimum atomic E-state index is -0.876. The lowest BCUT2D eigenvalue weighted by atomic mass is 9.89.